The van der Waals surface area contributed by atoms with E-state index in [4.69, 9.17) is 9.84 Å². The van der Waals surface area contributed by atoms with Gasteiger partial charge in [-0.1, -0.05) is 0 Å². The molecule has 3 aliphatic rings. The molecule has 37 heavy (non-hydrogen) atoms. The SMILES string of the molecule is O=C(O)c1nc2sc3c(c2c(=O)[nH]1)CCC3.O=C(c1nc2sc3c(c2c(=O)[nH]1)CCC3)N1CCOCC1. The summed E-state index contributed by atoms with van der Waals surface area (Å²) in [4.78, 5) is 65.9. The summed E-state index contributed by atoms with van der Waals surface area (Å²) in [5.41, 5.74) is 1.68. The van der Waals surface area contributed by atoms with Gasteiger partial charge in [0.25, 0.3) is 17.0 Å². The van der Waals surface area contributed by atoms with E-state index in [1.54, 1.807) is 16.2 Å². The third-order valence-electron chi connectivity index (χ3n) is 6.85. The largest absolute Gasteiger partial charge is 0.475 e. The minimum atomic E-state index is -1.20. The number of hydrogen-bond donors (Lipinski definition) is 3. The summed E-state index contributed by atoms with van der Waals surface area (Å²) in [6.07, 6.45) is 5.99. The Hall–Kier alpha value is -3.42. The Labute approximate surface area is 217 Å². The van der Waals surface area contributed by atoms with Gasteiger partial charge in [0.05, 0.1) is 24.0 Å². The summed E-state index contributed by atoms with van der Waals surface area (Å²) in [6.45, 7) is 2.15. The number of nitrogens with zero attached hydrogens (tertiary/aromatic N) is 3. The highest BCUT2D eigenvalue weighted by Gasteiger charge is 2.25. The molecule has 0 atom stereocenters. The lowest BCUT2D eigenvalue weighted by atomic mass is 10.2. The predicted octanol–water partition coefficient (Wildman–Crippen LogP) is 2.12. The molecule has 4 aromatic heterocycles. The van der Waals surface area contributed by atoms with E-state index in [1.165, 1.54) is 21.1 Å². The van der Waals surface area contributed by atoms with E-state index in [9.17, 15) is 19.2 Å². The van der Waals surface area contributed by atoms with Crippen LogP contribution in [0, 0.1) is 0 Å². The number of aryl methyl sites for hydroxylation is 4. The molecular weight excluding hydrogens is 518 g/mol. The van der Waals surface area contributed by atoms with Crippen LogP contribution in [-0.2, 0) is 30.4 Å². The number of carboxylic acids is 1. The van der Waals surface area contributed by atoms with Crippen molar-refractivity contribution >= 4 is 55.0 Å². The maximum Gasteiger partial charge on any atom is 0.372 e. The number of amides is 1. The van der Waals surface area contributed by atoms with Crippen LogP contribution in [0.2, 0.25) is 0 Å². The fourth-order valence-electron chi connectivity index (χ4n) is 5.12. The Kier molecular flexibility index (Phi) is 6.13. The van der Waals surface area contributed by atoms with Crippen LogP contribution in [-0.4, -0.2) is 68.1 Å². The molecular formula is C24H23N5O6S2. The highest BCUT2D eigenvalue weighted by molar-refractivity contribution is 7.19. The molecule has 0 aromatic carbocycles. The molecule has 0 saturated carbocycles. The lowest BCUT2D eigenvalue weighted by Gasteiger charge is -2.26. The Balaban J connectivity index is 0.000000141. The van der Waals surface area contributed by atoms with Crippen molar-refractivity contribution in [3.63, 3.8) is 0 Å². The Morgan fingerprint density at radius 3 is 1.86 bits per heavy atom. The smallest absolute Gasteiger partial charge is 0.372 e. The van der Waals surface area contributed by atoms with Gasteiger partial charge >= 0.3 is 5.97 Å². The molecule has 192 valence electrons. The van der Waals surface area contributed by atoms with Crippen LogP contribution in [0.25, 0.3) is 20.4 Å². The number of carbonyl (C=O) groups excluding carboxylic acids is 1. The first-order valence-corrected chi connectivity index (χ1v) is 13.7. The predicted molar refractivity (Wildman–Crippen MR) is 138 cm³/mol. The zero-order chi connectivity index (χ0) is 25.7. The van der Waals surface area contributed by atoms with Crippen molar-refractivity contribution in [3.8, 4) is 0 Å². The second-order valence-electron chi connectivity index (χ2n) is 9.11. The highest BCUT2D eigenvalue weighted by atomic mass is 32.1. The van der Waals surface area contributed by atoms with E-state index >= 15 is 0 Å². The molecule has 1 fully saturated rings. The van der Waals surface area contributed by atoms with Crippen molar-refractivity contribution in [2.45, 2.75) is 38.5 Å². The number of hydrogen-bond acceptors (Lipinski definition) is 9. The molecule has 4 aromatic rings. The van der Waals surface area contributed by atoms with Crippen molar-refractivity contribution in [3.05, 3.63) is 53.2 Å². The number of rotatable bonds is 2. The van der Waals surface area contributed by atoms with Gasteiger partial charge in [0.1, 0.15) is 9.66 Å². The number of morpholine rings is 1. The average molecular weight is 542 g/mol. The average Bonchev–Trinajstić information content (AvgIpc) is 3.65. The molecule has 11 nitrogen and oxygen atoms in total. The summed E-state index contributed by atoms with van der Waals surface area (Å²) in [5.74, 6) is -1.55. The third-order valence-corrected chi connectivity index (χ3v) is 9.22. The standard InChI is InChI=1S/C14H15N3O3S.C10H8N2O3S/c18-12-10-8-2-1-3-9(8)21-13(10)16-11(15-12)14(19)17-4-6-20-7-5-17;13-8-6-4-2-1-3-5(4)16-9(6)12-7(11-8)10(14)15/h1-7H2,(H,15,16,18);1-3H2,(H,14,15)(H,11,12,13). The monoisotopic (exact) mass is 541 g/mol. The lowest BCUT2D eigenvalue weighted by molar-refractivity contribution is 0.0295. The van der Waals surface area contributed by atoms with Crippen LogP contribution in [0.1, 0.15) is 55.0 Å². The van der Waals surface area contributed by atoms with Crippen molar-refractivity contribution in [2.75, 3.05) is 26.3 Å². The first-order valence-electron chi connectivity index (χ1n) is 12.1. The number of ether oxygens (including phenoxy) is 1. The second-order valence-corrected chi connectivity index (χ2v) is 11.3. The molecule has 1 amide bonds. The minimum absolute atomic E-state index is 0.148. The molecule has 0 unspecified atom stereocenters. The highest BCUT2D eigenvalue weighted by Crippen LogP contribution is 2.35. The summed E-state index contributed by atoms with van der Waals surface area (Å²) in [7, 11) is 0. The van der Waals surface area contributed by atoms with Gasteiger partial charge < -0.3 is 24.7 Å². The minimum Gasteiger partial charge on any atom is -0.475 e. The molecule has 0 spiro atoms. The maximum atomic E-state index is 12.4. The number of thiophene rings is 2. The summed E-state index contributed by atoms with van der Waals surface area (Å²) >= 11 is 2.99. The normalized spacial score (nSPS) is 16.5. The molecule has 1 saturated heterocycles. The number of aromatic amines is 2. The van der Waals surface area contributed by atoms with Gasteiger partial charge in [-0.25, -0.2) is 14.8 Å². The Morgan fingerprint density at radius 2 is 1.32 bits per heavy atom. The summed E-state index contributed by atoms with van der Waals surface area (Å²) in [5, 5.41) is 10.1. The summed E-state index contributed by atoms with van der Waals surface area (Å²) in [6, 6.07) is 0. The summed E-state index contributed by atoms with van der Waals surface area (Å²) < 4.78 is 5.24. The molecule has 7 rings (SSSR count). The van der Waals surface area contributed by atoms with Crippen molar-refractivity contribution in [1.29, 1.82) is 0 Å². The number of aromatic carboxylic acids is 1. The van der Waals surface area contributed by atoms with E-state index in [2.05, 4.69) is 19.9 Å². The van der Waals surface area contributed by atoms with E-state index in [-0.39, 0.29) is 28.7 Å². The number of nitrogens with one attached hydrogen (secondary N) is 2. The Morgan fingerprint density at radius 1 is 0.811 bits per heavy atom. The van der Waals surface area contributed by atoms with Crippen LogP contribution >= 0.6 is 22.7 Å². The molecule has 5 heterocycles. The fraction of sp³-hybridized carbons (Fsp3) is 0.417. The zero-order valence-electron chi connectivity index (χ0n) is 19.7. The molecule has 0 radical (unpaired) electrons. The second kappa shape index (κ2) is 9.47. The first-order chi connectivity index (χ1) is 17.9. The Bertz CT molecular complexity index is 1680. The molecule has 1 aliphatic heterocycles. The fourth-order valence-corrected chi connectivity index (χ4v) is 7.65. The number of H-pyrrole nitrogens is 2. The third kappa shape index (κ3) is 4.26. The van der Waals surface area contributed by atoms with E-state index in [1.807, 2.05) is 0 Å². The van der Waals surface area contributed by atoms with Gasteiger partial charge in [0, 0.05) is 22.8 Å². The van der Waals surface area contributed by atoms with E-state index < -0.39 is 5.97 Å². The number of aromatic nitrogens is 4. The number of carboxylic acid groups (broad SMARTS) is 1. The van der Waals surface area contributed by atoms with Gasteiger partial charge in [-0.15, -0.1) is 22.7 Å². The number of fused-ring (bicyclic) bond motifs is 6. The molecule has 2 aliphatic carbocycles. The van der Waals surface area contributed by atoms with Gasteiger partial charge in [0.2, 0.25) is 11.6 Å². The lowest BCUT2D eigenvalue weighted by Crippen LogP contribution is -2.41. The maximum absolute atomic E-state index is 12.4. The molecule has 0 bridgehead atoms. The quantitative estimate of drug-likeness (QED) is 0.348. The van der Waals surface area contributed by atoms with Crippen molar-refractivity contribution in [2.24, 2.45) is 0 Å². The van der Waals surface area contributed by atoms with Crippen LogP contribution in [0.5, 0.6) is 0 Å². The van der Waals surface area contributed by atoms with Gasteiger partial charge in [-0.2, -0.15) is 0 Å². The van der Waals surface area contributed by atoms with Crippen LogP contribution in [0.3, 0.4) is 0 Å². The van der Waals surface area contributed by atoms with Crippen molar-refractivity contribution < 1.29 is 19.4 Å². The van der Waals surface area contributed by atoms with E-state index in [0.717, 1.165) is 49.7 Å². The van der Waals surface area contributed by atoms with Crippen molar-refractivity contribution in [1.82, 2.24) is 24.8 Å². The zero-order valence-corrected chi connectivity index (χ0v) is 21.4. The van der Waals surface area contributed by atoms with Gasteiger partial charge in [-0.3, -0.25) is 14.4 Å². The number of carbonyl (C=O) groups is 2. The first kappa shape index (κ1) is 23.9. The topological polar surface area (TPSA) is 158 Å². The van der Waals surface area contributed by atoms with Crippen LogP contribution < -0.4 is 11.1 Å². The molecule has 13 heteroatoms. The van der Waals surface area contributed by atoms with E-state index in [0.29, 0.717) is 46.7 Å². The van der Waals surface area contributed by atoms with Gasteiger partial charge in [0.15, 0.2) is 0 Å². The molecule has 3 N–H and O–H groups in total. The van der Waals surface area contributed by atoms with Crippen LogP contribution in [0.15, 0.2) is 9.59 Å². The van der Waals surface area contributed by atoms with Crippen LogP contribution in [0.4, 0.5) is 0 Å². The van der Waals surface area contributed by atoms with Gasteiger partial charge in [-0.05, 0) is 49.7 Å².